The zero-order valence-corrected chi connectivity index (χ0v) is 42.5. The second-order valence-corrected chi connectivity index (χ2v) is 23.6. The van der Waals surface area contributed by atoms with E-state index in [1.807, 2.05) is 0 Å². The smallest absolute Gasteiger partial charge is 0.187 e. The van der Waals surface area contributed by atoms with Crippen molar-refractivity contribution in [3.8, 4) is 0 Å². The normalized spacial score (nSPS) is 54.5. The van der Waals surface area contributed by atoms with Crippen molar-refractivity contribution in [3.05, 3.63) is 11.6 Å². The van der Waals surface area contributed by atoms with E-state index in [2.05, 4.69) is 33.8 Å². The van der Waals surface area contributed by atoms with E-state index in [1.54, 1.807) is 0 Å². The molecular formula is C51H84O22. The van der Waals surface area contributed by atoms with Crippen LogP contribution >= 0.6 is 0 Å². The van der Waals surface area contributed by atoms with E-state index >= 15 is 0 Å². The molecule has 0 aromatic carbocycles. The van der Waals surface area contributed by atoms with E-state index in [-0.39, 0.29) is 35.6 Å². The summed E-state index contributed by atoms with van der Waals surface area (Å²) in [6.07, 6.45) is -19.9. The second-order valence-electron chi connectivity index (χ2n) is 23.6. The molecule has 9 aliphatic rings. The van der Waals surface area contributed by atoms with E-state index in [0.717, 1.165) is 44.9 Å². The van der Waals surface area contributed by atoms with Crippen LogP contribution in [0.2, 0.25) is 0 Å². The number of hydrogen-bond acceptors (Lipinski definition) is 22. The summed E-state index contributed by atoms with van der Waals surface area (Å²) in [4.78, 5) is 0. The van der Waals surface area contributed by atoms with Gasteiger partial charge in [-0.3, -0.25) is 0 Å². The van der Waals surface area contributed by atoms with Crippen molar-refractivity contribution in [2.75, 3.05) is 26.4 Å². The van der Waals surface area contributed by atoms with Gasteiger partial charge in [-0.25, -0.2) is 0 Å². The van der Waals surface area contributed by atoms with Crippen LogP contribution in [0.1, 0.15) is 92.4 Å². The van der Waals surface area contributed by atoms with Gasteiger partial charge in [-0.2, -0.15) is 0 Å². The van der Waals surface area contributed by atoms with Gasteiger partial charge in [0.25, 0.3) is 0 Å². The van der Waals surface area contributed by atoms with Crippen LogP contribution in [0.5, 0.6) is 0 Å². The molecule has 0 bridgehead atoms. The lowest BCUT2D eigenvalue weighted by molar-refractivity contribution is -0.389. The van der Waals surface area contributed by atoms with Crippen molar-refractivity contribution >= 4 is 0 Å². The first-order valence-electron chi connectivity index (χ1n) is 26.8. The summed E-state index contributed by atoms with van der Waals surface area (Å²) >= 11 is 0. The first-order valence-corrected chi connectivity index (χ1v) is 26.8. The standard InChI is InChI=1S/C51H84O22/c1-20(19-65-46-40(61)38(59)35(56)30(16-52)69-46)6-9-28-21(2)33-29(68-28)15-27-25-8-7-23-14-24(10-12-50(23,4)26(25)11-13-51(27,33)5)67-49-45(73-47-41(62)37(58)34(55)22(3)66-47)43(64)44(32(18-54)71-49)72-48-42(63)39(60)36(57)31(17-53)70-48/h7,20-22,24-49,52-64H,6,8-19H2,1-5H3/t20-,21-,22?,24?,25?,26?,27?,28?,29?,30?,31?,32?,33?,34?,35?,36?,37+,38?,39?,40?,41?,42+,43?,44?,45?,46?,47?,48?,49?,50+,51+/m1/s1. The highest BCUT2D eigenvalue weighted by atomic mass is 16.8. The Labute approximate surface area is 426 Å². The molecule has 0 aromatic rings. The van der Waals surface area contributed by atoms with Crippen molar-refractivity contribution < 1.29 is 109 Å². The topological polar surface area (TPSA) is 346 Å². The molecule has 13 N–H and O–H groups in total. The van der Waals surface area contributed by atoms with Crippen LogP contribution < -0.4 is 0 Å². The Morgan fingerprint density at radius 2 is 1.19 bits per heavy atom. The molecule has 4 aliphatic carbocycles. The summed E-state index contributed by atoms with van der Waals surface area (Å²) in [5.41, 5.74) is 1.30. The van der Waals surface area contributed by atoms with Gasteiger partial charge < -0.3 is 109 Å². The lowest BCUT2D eigenvalue weighted by Gasteiger charge is -2.58. The SMILES string of the molecule is CC1OC(OC2C(OC3CC[C@@]4(C)C(=CCC5C6CC7OC(CC[C@@H](C)COC8OC(CO)C(O)C(O)C8O)[C@@H](C)C7[C@@]6(C)CCC54)C3)OC(CO)C(OC3OC(CO)C(O)C(O)[C@@H]3O)C2O)C(O)[C@@H](O)C1O. The average Bonchev–Trinajstić information content (AvgIpc) is 3.86. The highest BCUT2D eigenvalue weighted by Gasteiger charge is 2.65. The number of hydrogen-bond donors (Lipinski definition) is 13. The van der Waals surface area contributed by atoms with E-state index < -0.39 is 149 Å². The van der Waals surface area contributed by atoms with Gasteiger partial charge in [0.15, 0.2) is 25.2 Å². The zero-order valence-electron chi connectivity index (χ0n) is 42.5. The Morgan fingerprint density at radius 3 is 1.85 bits per heavy atom. The predicted octanol–water partition coefficient (Wildman–Crippen LogP) is -2.33. The quantitative estimate of drug-likeness (QED) is 0.0765. The van der Waals surface area contributed by atoms with Gasteiger partial charge in [0.2, 0.25) is 0 Å². The minimum Gasteiger partial charge on any atom is -0.394 e. The van der Waals surface area contributed by atoms with Crippen LogP contribution in [0.25, 0.3) is 0 Å². The minimum atomic E-state index is -1.84. The van der Waals surface area contributed by atoms with Gasteiger partial charge >= 0.3 is 0 Å². The monoisotopic (exact) mass is 1050 g/mol. The van der Waals surface area contributed by atoms with Crippen LogP contribution in [-0.2, 0) is 42.6 Å². The number of rotatable bonds is 15. The Kier molecular flexibility index (Phi) is 17.5. The molecule has 0 amide bonds. The molecule has 0 spiro atoms. The Balaban J connectivity index is 0.839. The summed E-state index contributed by atoms with van der Waals surface area (Å²) in [6, 6.07) is 0. The molecule has 22 heteroatoms. The molecule has 0 radical (unpaired) electrons. The fourth-order valence-corrected chi connectivity index (χ4v) is 15.0. The van der Waals surface area contributed by atoms with Gasteiger partial charge in [-0.05, 0) is 111 Å². The molecule has 5 aliphatic heterocycles. The number of ether oxygens (including phenoxy) is 9. The molecule has 3 saturated carbocycles. The van der Waals surface area contributed by atoms with E-state index in [4.69, 9.17) is 42.6 Å². The molecule has 31 atom stereocenters. The molecular weight excluding hydrogens is 965 g/mol. The lowest BCUT2D eigenvalue weighted by Crippen LogP contribution is -2.67. The molecule has 22 nitrogen and oxygen atoms in total. The Hall–Kier alpha value is -1.14. The highest BCUT2D eigenvalue weighted by Crippen LogP contribution is 2.69. The maximum atomic E-state index is 12.1. The summed E-state index contributed by atoms with van der Waals surface area (Å²) in [6.45, 7) is 9.04. The average molecular weight is 1050 g/mol. The van der Waals surface area contributed by atoms with Gasteiger partial charge in [0, 0.05) is 0 Å². The number of allylic oxidation sites excluding steroid dienone is 1. The summed E-state index contributed by atoms with van der Waals surface area (Å²) < 4.78 is 54.8. The molecule has 420 valence electrons. The third-order valence-electron chi connectivity index (χ3n) is 19.3. The Bertz CT molecular complexity index is 1860. The Morgan fingerprint density at radius 1 is 0.603 bits per heavy atom. The largest absolute Gasteiger partial charge is 0.394 e. The fraction of sp³-hybridized carbons (Fsp3) is 0.961. The summed E-state index contributed by atoms with van der Waals surface area (Å²) in [7, 11) is 0. The van der Waals surface area contributed by atoms with Crippen molar-refractivity contribution in [3.63, 3.8) is 0 Å². The number of aliphatic hydroxyl groups excluding tert-OH is 13. The van der Waals surface area contributed by atoms with Crippen LogP contribution in [-0.4, -0.2) is 234 Å². The molecule has 8 fully saturated rings. The summed E-state index contributed by atoms with van der Waals surface area (Å²) in [5.74, 6) is 2.28. The number of aliphatic hydroxyl groups is 13. The van der Waals surface area contributed by atoms with Crippen molar-refractivity contribution in [2.24, 2.45) is 46.3 Å². The number of fused-ring (bicyclic) bond motifs is 7. The van der Waals surface area contributed by atoms with Crippen molar-refractivity contribution in [2.45, 2.75) is 234 Å². The molecule has 9 rings (SSSR count). The summed E-state index contributed by atoms with van der Waals surface area (Å²) in [5, 5.41) is 136. The fourth-order valence-electron chi connectivity index (χ4n) is 15.0. The molecule has 0 aromatic heterocycles. The van der Waals surface area contributed by atoms with Crippen molar-refractivity contribution in [1.29, 1.82) is 0 Å². The first-order chi connectivity index (χ1) is 34.6. The van der Waals surface area contributed by atoms with E-state index in [1.165, 1.54) is 12.5 Å². The van der Waals surface area contributed by atoms with Gasteiger partial charge in [0.1, 0.15) is 91.6 Å². The molecule has 73 heavy (non-hydrogen) atoms. The van der Waals surface area contributed by atoms with Gasteiger partial charge in [-0.15, -0.1) is 0 Å². The predicted molar refractivity (Wildman–Crippen MR) is 249 cm³/mol. The van der Waals surface area contributed by atoms with Gasteiger partial charge in [0.05, 0.1) is 50.8 Å². The van der Waals surface area contributed by atoms with Crippen LogP contribution in [0, 0.1) is 46.3 Å². The van der Waals surface area contributed by atoms with Crippen LogP contribution in [0.15, 0.2) is 11.6 Å². The zero-order chi connectivity index (χ0) is 52.6. The van der Waals surface area contributed by atoms with E-state index in [9.17, 15) is 66.4 Å². The third kappa shape index (κ3) is 10.4. The van der Waals surface area contributed by atoms with Crippen LogP contribution in [0.4, 0.5) is 0 Å². The molecule has 25 unspecified atom stereocenters. The molecule has 5 saturated heterocycles. The van der Waals surface area contributed by atoms with E-state index in [0.29, 0.717) is 42.4 Å². The molecule has 5 heterocycles. The first kappa shape index (κ1) is 56.6. The van der Waals surface area contributed by atoms with Crippen LogP contribution in [0.3, 0.4) is 0 Å². The maximum Gasteiger partial charge on any atom is 0.187 e. The third-order valence-corrected chi connectivity index (χ3v) is 19.3. The van der Waals surface area contributed by atoms with Gasteiger partial charge in [-0.1, -0.05) is 39.3 Å². The van der Waals surface area contributed by atoms with Crippen molar-refractivity contribution in [1.82, 2.24) is 0 Å². The maximum absolute atomic E-state index is 12.1. The minimum absolute atomic E-state index is 0.0980. The highest BCUT2D eigenvalue weighted by molar-refractivity contribution is 5.26. The second kappa shape index (κ2) is 22.5. The lowest BCUT2D eigenvalue weighted by atomic mass is 9.47.